The highest BCUT2D eigenvalue weighted by molar-refractivity contribution is 7.00. The SMILES string of the molecule is [2H]c1c([2H])c([2H])c(-c2ccc3c(c2)N(c2cc(-n4c5ccccc5c5ccccc54)ccc2C#N)c2cc(-n4c5c([2H])c([2H])c([2H])c([2H])c5c5c([2H])c([2H])c([2H])c([2H])c54)cc4c2B3c2cc(-c3cc(C(C)(C)C)cc(C(C)(C)C)c3)ccc2N4c2cc(-c3ccccc3)cc(-c3ccccc3)c2)c([2H])c1[2H]. The smallest absolute Gasteiger partial charge is 0.252 e. The van der Waals surface area contributed by atoms with Crippen molar-refractivity contribution >= 4 is 101 Å². The van der Waals surface area contributed by atoms with Crippen LogP contribution < -0.4 is 26.2 Å². The standard InChI is InChI=1S/C87H66BN5/c1-86(2,3)65-45-64(46-66(51-65)87(4,5)6)59-40-43-80-75(49-59)88-74-42-39-60(56-24-10-7-11-25-56)50-82(74)93(81-52-67(41-38-61(81)55-89)90-76-34-20-16-30-70(76)71-31-17-21-35-77(71)90)84-54-69(91-78-36-22-18-32-72(78)73-33-19-23-37-79(73)91)53-83(85(84)88)92(80)68-47-62(57-26-12-8-13-27-57)44-63(48-68)58-28-14-9-15-29-58/h7-54H,1-6H3/i7D,10D,11D,18D,19D,22D,23D,24D,25D,32D,33D,36D,37D. The third kappa shape index (κ3) is 9.13. The second kappa shape index (κ2) is 21.4. The fourth-order valence-corrected chi connectivity index (χ4v) is 14.2. The molecule has 6 heteroatoms. The summed E-state index contributed by atoms with van der Waals surface area (Å²) >= 11 is 0. The Morgan fingerprint density at radius 2 is 0.849 bits per heavy atom. The molecule has 2 aliphatic rings. The molecule has 0 bridgehead atoms. The van der Waals surface area contributed by atoms with Gasteiger partial charge in [0.05, 0.1) is 56.8 Å². The average molecular weight is 1210 g/mol. The van der Waals surface area contributed by atoms with E-state index in [1.165, 1.54) is 4.57 Å². The first-order chi connectivity index (χ1) is 50.7. The summed E-state index contributed by atoms with van der Waals surface area (Å²) in [5, 5.41) is 13.7. The highest BCUT2D eigenvalue weighted by Gasteiger charge is 2.45. The number of hydrogen-bond donors (Lipinski definition) is 0. The summed E-state index contributed by atoms with van der Waals surface area (Å²) in [4.78, 5) is 4.19. The van der Waals surface area contributed by atoms with Crippen LogP contribution in [0.1, 0.15) is 76.1 Å². The Labute approximate surface area is 562 Å². The topological polar surface area (TPSA) is 40.1 Å². The summed E-state index contributed by atoms with van der Waals surface area (Å²) in [6.07, 6.45) is 0. The Kier molecular flexibility index (Phi) is 9.96. The molecule has 0 aliphatic carbocycles. The van der Waals surface area contributed by atoms with Crippen LogP contribution in [0.5, 0.6) is 0 Å². The van der Waals surface area contributed by atoms with Crippen molar-refractivity contribution in [3.63, 3.8) is 0 Å². The van der Waals surface area contributed by atoms with E-state index in [-0.39, 0.29) is 55.0 Å². The molecule has 15 aromatic rings. The molecule has 442 valence electrons. The van der Waals surface area contributed by atoms with Gasteiger partial charge < -0.3 is 18.9 Å². The lowest BCUT2D eigenvalue weighted by atomic mass is 9.33. The minimum absolute atomic E-state index is 0.0551. The molecule has 0 saturated heterocycles. The van der Waals surface area contributed by atoms with Gasteiger partial charge in [0.25, 0.3) is 6.71 Å². The van der Waals surface area contributed by atoms with E-state index in [4.69, 9.17) is 6.85 Å². The van der Waals surface area contributed by atoms with Crippen molar-refractivity contribution in [1.82, 2.24) is 9.13 Å². The zero-order chi connectivity index (χ0) is 74.2. The van der Waals surface area contributed by atoms with Gasteiger partial charge in [-0.3, -0.25) is 0 Å². The van der Waals surface area contributed by atoms with Crippen molar-refractivity contribution in [2.24, 2.45) is 0 Å². The van der Waals surface area contributed by atoms with E-state index >= 15 is 0 Å². The molecular weight excluding hydrogens is 1130 g/mol. The number of aromatic nitrogens is 2. The van der Waals surface area contributed by atoms with Gasteiger partial charge in [-0.15, -0.1) is 0 Å². The van der Waals surface area contributed by atoms with Crippen molar-refractivity contribution in [2.45, 2.75) is 52.4 Å². The molecule has 17 rings (SSSR count). The molecule has 2 aromatic heterocycles. The fraction of sp³-hybridized carbons (Fsp3) is 0.0920. The first-order valence-corrected chi connectivity index (χ1v) is 31.3. The van der Waals surface area contributed by atoms with Crippen LogP contribution in [0.4, 0.5) is 34.1 Å². The number of hydrogen-bond acceptors (Lipinski definition) is 3. The number of fused-ring (bicyclic) bond motifs is 10. The molecule has 0 spiro atoms. The first kappa shape index (κ1) is 43.3. The number of nitriles is 1. The van der Waals surface area contributed by atoms with Gasteiger partial charge in [-0.25, -0.2) is 0 Å². The van der Waals surface area contributed by atoms with E-state index in [9.17, 15) is 16.2 Å². The Morgan fingerprint density at radius 3 is 1.45 bits per heavy atom. The third-order valence-electron chi connectivity index (χ3n) is 18.7. The third-order valence-corrected chi connectivity index (χ3v) is 18.7. The minimum Gasteiger partial charge on any atom is -0.311 e. The van der Waals surface area contributed by atoms with Crippen LogP contribution >= 0.6 is 0 Å². The quantitative estimate of drug-likeness (QED) is 0.142. The van der Waals surface area contributed by atoms with Gasteiger partial charge in [-0.2, -0.15) is 5.26 Å². The van der Waals surface area contributed by atoms with Crippen molar-refractivity contribution in [1.29, 1.82) is 5.26 Å². The molecule has 0 fully saturated rings. The van der Waals surface area contributed by atoms with Gasteiger partial charge >= 0.3 is 0 Å². The number of rotatable bonds is 8. The Balaban J connectivity index is 1.09. The maximum Gasteiger partial charge on any atom is 0.252 e. The monoisotopic (exact) mass is 1200 g/mol. The van der Waals surface area contributed by atoms with Gasteiger partial charge in [-0.1, -0.05) is 248 Å². The number of anilines is 6. The molecule has 0 N–H and O–H groups in total. The summed E-state index contributed by atoms with van der Waals surface area (Å²) in [6, 6.07) is 67.1. The largest absolute Gasteiger partial charge is 0.311 e. The molecule has 0 unspecified atom stereocenters. The van der Waals surface area contributed by atoms with Crippen molar-refractivity contribution < 1.29 is 17.8 Å². The number of benzene rings is 13. The highest BCUT2D eigenvalue weighted by Crippen LogP contribution is 2.50. The summed E-state index contributed by atoms with van der Waals surface area (Å²) in [6.45, 7) is 12.5. The maximum atomic E-state index is 11.9. The van der Waals surface area contributed by atoms with Crippen LogP contribution in [0.25, 0.3) is 99.5 Å². The molecule has 13 aromatic carbocycles. The maximum absolute atomic E-state index is 11.9. The number of para-hydroxylation sites is 4. The van der Waals surface area contributed by atoms with Crippen LogP contribution in [-0.2, 0) is 10.8 Å². The molecule has 2 aliphatic heterocycles. The van der Waals surface area contributed by atoms with E-state index in [2.05, 4.69) is 160 Å². The molecule has 0 atom stereocenters. The second-order valence-corrected chi connectivity index (χ2v) is 26.3. The Hall–Kier alpha value is -11.4. The Morgan fingerprint density at radius 1 is 0.333 bits per heavy atom. The molecule has 93 heavy (non-hydrogen) atoms. The predicted molar refractivity (Wildman–Crippen MR) is 393 cm³/mol. The summed E-state index contributed by atoms with van der Waals surface area (Å²) in [5.41, 5.74) is 15.8. The summed E-state index contributed by atoms with van der Waals surface area (Å²) in [7, 11) is 0. The highest BCUT2D eigenvalue weighted by atomic mass is 15.2. The van der Waals surface area contributed by atoms with Crippen LogP contribution in [0.3, 0.4) is 0 Å². The van der Waals surface area contributed by atoms with Crippen molar-refractivity contribution in [2.75, 3.05) is 9.80 Å². The van der Waals surface area contributed by atoms with Gasteiger partial charge in [0.15, 0.2) is 0 Å². The lowest BCUT2D eigenvalue weighted by Crippen LogP contribution is -2.61. The van der Waals surface area contributed by atoms with Crippen LogP contribution in [-0.4, -0.2) is 15.8 Å². The van der Waals surface area contributed by atoms with Gasteiger partial charge in [0, 0.05) is 55.7 Å². The normalized spacial score (nSPS) is 14.7. The second-order valence-electron chi connectivity index (χ2n) is 26.3. The molecule has 0 amide bonds. The lowest BCUT2D eigenvalue weighted by Gasteiger charge is -2.45. The van der Waals surface area contributed by atoms with Crippen molar-refractivity contribution in [3.8, 4) is 62.0 Å². The minimum atomic E-state index is -0.747. The zero-order valence-electron chi connectivity index (χ0n) is 65.0. The summed E-state index contributed by atoms with van der Waals surface area (Å²) < 4.78 is 126. The Bertz CT molecular complexity index is 6140. The van der Waals surface area contributed by atoms with E-state index < -0.39 is 85.3 Å². The van der Waals surface area contributed by atoms with Gasteiger partial charge in [-0.05, 0) is 168 Å². The average Bonchev–Trinajstić information content (AvgIpc) is 1.41. The van der Waals surface area contributed by atoms with Crippen LogP contribution in [0.2, 0.25) is 0 Å². The van der Waals surface area contributed by atoms with Gasteiger partial charge in [0.2, 0.25) is 0 Å². The number of nitrogens with zero attached hydrogens (tertiary/aromatic N) is 5. The van der Waals surface area contributed by atoms with E-state index in [0.29, 0.717) is 45.0 Å². The predicted octanol–water partition coefficient (Wildman–Crippen LogP) is 21.1. The van der Waals surface area contributed by atoms with E-state index in [1.807, 2.05) is 102 Å². The zero-order valence-corrected chi connectivity index (χ0v) is 52.0. The fourth-order valence-electron chi connectivity index (χ4n) is 14.2. The van der Waals surface area contributed by atoms with Crippen molar-refractivity contribution in [3.05, 3.63) is 308 Å². The van der Waals surface area contributed by atoms with Crippen LogP contribution in [0, 0.1) is 11.3 Å². The van der Waals surface area contributed by atoms with Gasteiger partial charge in [0.1, 0.15) is 6.07 Å². The molecule has 0 radical (unpaired) electrons. The first-order valence-electron chi connectivity index (χ1n) is 37.8. The molecule has 0 saturated carbocycles. The van der Waals surface area contributed by atoms with E-state index in [0.717, 1.165) is 77.5 Å². The van der Waals surface area contributed by atoms with E-state index in [1.54, 1.807) is 12.1 Å². The molecular formula is C87H66BN5. The molecule has 4 heterocycles. The lowest BCUT2D eigenvalue weighted by molar-refractivity contribution is 0.569. The van der Waals surface area contributed by atoms with Crippen LogP contribution in [0.15, 0.2) is 291 Å². The summed E-state index contributed by atoms with van der Waals surface area (Å²) in [5.74, 6) is 0. The molecule has 5 nitrogen and oxygen atoms in total.